The minimum absolute atomic E-state index is 0.0280. The van der Waals surface area contributed by atoms with Crippen LogP contribution in [0, 0.1) is 0 Å². The smallest absolute Gasteiger partial charge is 0.246 e. The number of aromatic nitrogens is 2. The van der Waals surface area contributed by atoms with E-state index in [2.05, 4.69) is 15.5 Å². The van der Waals surface area contributed by atoms with Crippen molar-refractivity contribution in [2.45, 2.75) is 13.5 Å². The van der Waals surface area contributed by atoms with Crippen LogP contribution >= 0.6 is 0 Å². The summed E-state index contributed by atoms with van der Waals surface area (Å²) in [5.41, 5.74) is 1.09. The maximum Gasteiger partial charge on any atom is 0.246 e. The Kier molecular flexibility index (Phi) is 5.76. The van der Waals surface area contributed by atoms with E-state index in [0.29, 0.717) is 23.0 Å². The Hall–Kier alpha value is -3.60. The summed E-state index contributed by atoms with van der Waals surface area (Å²) in [7, 11) is -3.72. The van der Waals surface area contributed by atoms with Gasteiger partial charge < -0.3 is 19.3 Å². The Balaban J connectivity index is 1.44. The van der Waals surface area contributed by atoms with Crippen molar-refractivity contribution in [3.05, 3.63) is 54.4 Å². The first-order chi connectivity index (χ1) is 15.0. The minimum atomic E-state index is -3.72. The Morgan fingerprint density at radius 1 is 1.13 bits per heavy atom. The number of nitrogens with one attached hydrogen (secondary N) is 1. The molecule has 0 aliphatic carbocycles. The van der Waals surface area contributed by atoms with Gasteiger partial charge in [-0.3, -0.25) is 9.10 Å². The zero-order valence-corrected chi connectivity index (χ0v) is 17.5. The summed E-state index contributed by atoms with van der Waals surface area (Å²) >= 11 is 0. The topological polar surface area (TPSA) is 124 Å². The van der Waals surface area contributed by atoms with Gasteiger partial charge in [0.25, 0.3) is 0 Å². The quantitative estimate of drug-likeness (QED) is 0.559. The second kappa shape index (κ2) is 8.64. The van der Waals surface area contributed by atoms with Crippen molar-refractivity contribution < 1.29 is 27.2 Å². The lowest BCUT2D eigenvalue weighted by molar-refractivity contribution is -0.119. The summed E-state index contributed by atoms with van der Waals surface area (Å²) in [5.74, 6) is 0.870. The molecule has 10 nitrogen and oxygen atoms in total. The second-order valence-corrected chi connectivity index (χ2v) is 8.78. The van der Waals surface area contributed by atoms with Crippen molar-refractivity contribution in [2.24, 2.45) is 0 Å². The number of fused-ring (bicyclic) bond motifs is 1. The van der Waals surface area contributed by atoms with Crippen LogP contribution in [0.1, 0.15) is 12.8 Å². The highest BCUT2D eigenvalue weighted by atomic mass is 32.2. The summed E-state index contributed by atoms with van der Waals surface area (Å²) in [5, 5.41) is 6.50. The van der Waals surface area contributed by atoms with E-state index >= 15 is 0 Å². The highest BCUT2D eigenvalue weighted by molar-refractivity contribution is 7.92. The van der Waals surface area contributed by atoms with Crippen molar-refractivity contribution in [3.63, 3.8) is 0 Å². The average Bonchev–Trinajstić information content (AvgIpc) is 3.45. The van der Waals surface area contributed by atoms with Gasteiger partial charge in [0.1, 0.15) is 6.54 Å². The third-order valence-corrected chi connectivity index (χ3v) is 6.31. The van der Waals surface area contributed by atoms with E-state index in [1.165, 1.54) is 13.0 Å². The highest BCUT2D eigenvalue weighted by Crippen LogP contribution is 2.36. The fraction of sp³-hybridized carbons (Fsp3) is 0.250. The predicted molar refractivity (Wildman–Crippen MR) is 111 cm³/mol. The maximum atomic E-state index is 12.6. The molecule has 1 amide bonds. The SMILES string of the molecule is CCS(=O)(=O)N(CC(=O)NCc1nc(-c2ccccc2)no1)c1ccc2c(c1)OCO2. The number of carbonyl (C=O) groups is 1. The zero-order chi connectivity index (χ0) is 21.8. The van der Waals surface area contributed by atoms with Crippen molar-refractivity contribution >= 4 is 21.6 Å². The first-order valence-electron chi connectivity index (χ1n) is 9.51. The molecule has 11 heteroatoms. The van der Waals surface area contributed by atoms with Crippen LogP contribution in [0.3, 0.4) is 0 Å². The van der Waals surface area contributed by atoms with Gasteiger partial charge in [-0.1, -0.05) is 35.5 Å². The number of hydrogen-bond acceptors (Lipinski definition) is 8. The Bertz CT molecular complexity index is 1180. The molecule has 0 unspecified atom stereocenters. The third kappa shape index (κ3) is 4.61. The molecule has 4 rings (SSSR count). The fourth-order valence-corrected chi connectivity index (χ4v) is 4.00. The normalized spacial score (nSPS) is 12.5. The molecule has 0 spiro atoms. The van der Waals surface area contributed by atoms with E-state index in [-0.39, 0.29) is 25.0 Å². The van der Waals surface area contributed by atoms with E-state index < -0.39 is 22.5 Å². The molecule has 0 fully saturated rings. The number of sulfonamides is 1. The summed E-state index contributed by atoms with van der Waals surface area (Å²) < 4.78 is 42.0. The summed E-state index contributed by atoms with van der Waals surface area (Å²) in [6.45, 7) is 1.14. The number of carbonyl (C=O) groups excluding carboxylic acids is 1. The van der Waals surface area contributed by atoms with Crippen molar-refractivity contribution in [1.29, 1.82) is 0 Å². The fourth-order valence-electron chi connectivity index (χ4n) is 2.94. The molecule has 1 aliphatic rings. The molecule has 0 saturated heterocycles. The van der Waals surface area contributed by atoms with Crippen LogP contribution in [-0.4, -0.2) is 43.6 Å². The van der Waals surface area contributed by atoms with Crippen LogP contribution in [0.2, 0.25) is 0 Å². The number of benzene rings is 2. The van der Waals surface area contributed by atoms with Crippen molar-refractivity contribution in [1.82, 2.24) is 15.5 Å². The molecule has 1 aromatic heterocycles. The Morgan fingerprint density at radius 2 is 1.90 bits per heavy atom. The molecular formula is C20H20N4O6S. The van der Waals surface area contributed by atoms with Crippen LogP contribution in [0.15, 0.2) is 53.1 Å². The number of nitrogens with zero attached hydrogens (tertiary/aromatic N) is 3. The van der Waals surface area contributed by atoms with Gasteiger partial charge in [-0.15, -0.1) is 0 Å². The molecule has 2 aromatic carbocycles. The lowest BCUT2D eigenvalue weighted by Gasteiger charge is -2.23. The molecule has 0 saturated carbocycles. The van der Waals surface area contributed by atoms with Gasteiger partial charge in [0.05, 0.1) is 18.0 Å². The largest absolute Gasteiger partial charge is 0.454 e. The summed E-state index contributed by atoms with van der Waals surface area (Å²) in [4.78, 5) is 16.7. The molecule has 162 valence electrons. The van der Waals surface area contributed by atoms with Gasteiger partial charge >= 0.3 is 0 Å². The number of hydrogen-bond donors (Lipinski definition) is 1. The molecule has 31 heavy (non-hydrogen) atoms. The van der Waals surface area contributed by atoms with Crippen LogP contribution in [0.5, 0.6) is 11.5 Å². The van der Waals surface area contributed by atoms with E-state index in [4.69, 9.17) is 14.0 Å². The Labute approximate surface area is 178 Å². The monoisotopic (exact) mass is 444 g/mol. The molecular weight excluding hydrogens is 424 g/mol. The molecule has 0 bridgehead atoms. The van der Waals surface area contributed by atoms with Crippen LogP contribution in [0.4, 0.5) is 5.69 Å². The molecule has 0 atom stereocenters. The minimum Gasteiger partial charge on any atom is -0.454 e. The molecule has 2 heterocycles. The van der Waals surface area contributed by atoms with E-state index in [0.717, 1.165) is 9.87 Å². The number of ether oxygens (including phenoxy) is 2. The summed E-state index contributed by atoms with van der Waals surface area (Å²) in [6, 6.07) is 14.0. The average molecular weight is 444 g/mol. The summed E-state index contributed by atoms with van der Waals surface area (Å²) in [6.07, 6.45) is 0. The molecule has 3 aromatic rings. The van der Waals surface area contributed by atoms with Crippen molar-refractivity contribution in [2.75, 3.05) is 23.4 Å². The van der Waals surface area contributed by atoms with Gasteiger partial charge in [-0.2, -0.15) is 4.98 Å². The molecule has 0 radical (unpaired) electrons. The molecule has 1 aliphatic heterocycles. The van der Waals surface area contributed by atoms with Crippen LogP contribution < -0.4 is 19.1 Å². The Morgan fingerprint density at radius 3 is 2.68 bits per heavy atom. The number of rotatable bonds is 8. The predicted octanol–water partition coefficient (Wildman–Crippen LogP) is 1.94. The lowest BCUT2D eigenvalue weighted by Crippen LogP contribution is -2.41. The standard InChI is InChI=1S/C20H20N4O6S/c1-2-31(26,27)24(15-8-9-16-17(10-15)29-13-28-16)12-18(25)21-11-19-22-20(23-30-19)14-6-4-3-5-7-14/h3-10H,2,11-13H2,1H3,(H,21,25). The van der Waals surface area contributed by atoms with Gasteiger partial charge in [0.15, 0.2) is 11.5 Å². The van der Waals surface area contributed by atoms with Gasteiger partial charge in [0, 0.05) is 11.6 Å². The van der Waals surface area contributed by atoms with Gasteiger partial charge in [-0.25, -0.2) is 8.42 Å². The first-order valence-corrected chi connectivity index (χ1v) is 11.1. The van der Waals surface area contributed by atoms with Crippen LogP contribution in [-0.2, 0) is 21.4 Å². The van der Waals surface area contributed by atoms with Crippen molar-refractivity contribution in [3.8, 4) is 22.9 Å². The van der Waals surface area contributed by atoms with Crippen LogP contribution in [0.25, 0.3) is 11.4 Å². The van der Waals surface area contributed by atoms with Gasteiger partial charge in [0.2, 0.25) is 34.4 Å². The third-order valence-electron chi connectivity index (χ3n) is 4.57. The highest BCUT2D eigenvalue weighted by Gasteiger charge is 2.26. The van der Waals surface area contributed by atoms with E-state index in [9.17, 15) is 13.2 Å². The van der Waals surface area contributed by atoms with E-state index in [1.54, 1.807) is 12.1 Å². The van der Waals surface area contributed by atoms with Gasteiger partial charge in [-0.05, 0) is 19.1 Å². The lowest BCUT2D eigenvalue weighted by atomic mass is 10.2. The maximum absolute atomic E-state index is 12.6. The van der Waals surface area contributed by atoms with E-state index in [1.807, 2.05) is 30.3 Å². The molecule has 1 N–H and O–H groups in total. The number of amides is 1. The second-order valence-electron chi connectivity index (χ2n) is 6.60. The first kappa shape index (κ1) is 20.7. The zero-order valence-electron chi connectivity index (χ0n) is 16.6. The number of anilines is 1.